The third kappa shape index (κ3) is 25.0. The molecule has 5 heteroatoms. The number of rotatable bonds is 3. The topological polar surface area (TPSA) is 57.5 Å². The van der Waals surface area contributed by atoms with Gasteiger partial charge in [-0.15, -0.1) is 0 Å². The van der Waals surface area contributed by atoms with E-state index in [9.17, 15) is 4.57 Å². The van der Waals surface area contributed by atoms with Gasteiger partial charge in [-0.2, -0.15) is 0 Å². The molecule has 0 aromatic carbocycles. The van der Waals surface area contributed by atoms with Crippen molar-refractivity contribution in [2.24, 2.45) is 0 Å². The summed E-state index contributed by atoms with van der Waals surface area (Å²) in [5.41, 5.74) is 0. The quantitative estimate of drug-likeness (QED) is 0.594. The summed E-state index contributed by atoms with van der Waals surface area (Å²) in [4.78, 5) is 16.2. The molecular weight excluding hydrogens is 231 g/mol. The van der Waals surface area contributed by atoms with Crippen LogP contribution in [-0.2, 0) is 4.57 Å². The molecule has 0 atom stereocenters. The van der Waals surface area contributed by atoms with Crippen molar-refractivity contribution in [3.8, 4) is 0 Å². The average Bonchev–Trinajstić information content (AvgIpc) is 1.86. The third-order valence-electron chi connectivity index (χ3n) is 0.876. The maximum Gasteiger partial charge on any atom is 0.326 e. The van der Waals surface area contributed by atoms with E-state index < -0.39 is 7.60 Å². The Kier molecular flexibility index (Phi) is 11.2. The molecule has 0 rings (SSSR count). The Morgan fingerprint density at radius 1 is 1.27 bits per heavy atom. The van der Waals surface area contributed by atoms with Crippen LogP contribution in [0.1, 0.15) is 26.7 Å². The van der Waals surface area contributed by atoms with Gasteiger partial charge in [0.15, 0.2) is 0 Å². The molecule has 0 saturated carbocycles. The minimum Gasteiger partial charge on any atom is -0.324 e. The standard InChI is InChI=1S/C4H10.C2H6BrO3P/c1-3-4-2;3-1-2-7(4,5)6/h3-4H2,1-2H3;1-2H2,(H2,4,5,6). The van der Waals surface area contributed by atoms with Crippen molar-refractivity contribution in [1.82, 2.24) is 0 Å². The molecule has 0 bridgehead atoms. The highest BCUT2D eigenvalue weighted by molar-refractivity contribution is 9.09. The number of halogens is 1. The van der Waals surface area contributed by atoms with Gasteiger partial charge < -0.3 is 9.79 Å². The normalized spacial score (nSPS) is 10.3. The molecule has 0 aromatic heterocycles. The van der Waals surface area contributed by atoms with Crippen molar-refractivity contribution in [3.63, 3.8) is 0 Å². The molecule has 0 amide bonds. The fourth-order valence-electron chi connectivity index (χ4n) is 0.110. The van der Waals surface area contributed by atoms with Crippen molar-refractivity contribution >= 4 is 23.5 Å². The first kappa shape index (κ1) is 14.2. The number of unbranched alkanes of at least 4 members (excludes halogenated alkanes) is 1. The zero-order valence-corrected chi connectivity index (χ0v) is 9.44. The molecule has 3 nitrogen and oxygen atoms in total. The summed E-state index contributed by atoms with van der Waals surface area (Å²) >= 11 is 2.89. The molecule has 0 spiro atoms. The second-order valence-electron chi connectivity index (χ2n) is 2.08. The first-order chi connectivity index (χ1) is 4.97. The zero-order valence-electron chi connectivity index (χ0n) is 6.96. The Morgan fingerprint density at radius 3 is 1.64 bits per heavy atom. The summed E-state index contributed by atoms with van der Waals surface area (Å²) in [6.45, 7) is 4.36. The molecular formula is C6H16BrO3P. The molecule has 0 aromatic rings. The lowest BCUT2D eigenvalue weighted by atomic mass is 10.4. The third-order valence-corrected chi connectivity index (χ3v) is 2.69. The lowest BCUT2D eigenvalue weighted by molar-refractivity contribution is 0.375. The van der Waals surface area contributed by atoms with E-state index in [1.807, 2.05) is 0 Å². The number of hydrogen-bond donors (Lipinski definition) is 2. The van der Waals surface area contributed by atoms with Gasteiger partial charge >= 0.3 is 7.60 Å². The number of alkyl halides is 1. The SMILES string of the molecule is CCCC.O=P(O)(O)CCBr. The molecule has 0 heterocycles. The van der Waals surface area contributed by atoms with Crippen LogP contribution in [0.25, 0.3) is 0 Å². The van der Waals surface area contributed by atoms with Crippen molar-refractivity contribution in [3.05, 3.63) is 0 Å². The highest BCUT2D eigenvalue weighted by atomic mass is 79.9. The maximum atomic E-state index is 9.90. The van der Waals surface area contributed by atoms with Crippen LogP contribution in [0.3, 0.4) is 0 Å². The van der Waals surface area contributed by atoms with Gasteiger partial charge in [-0.25, -0.2) is 0 Å². The average molecular weight is 247 g/mol. The highest BCUT2D eigenvalue weighted by Gasteiger charge is 2.09. The van der Waals surface area contributed by atoms with Gasteiger partial charge in [-0.1, -0.05) is 42.6 Å². The fourth-order valence-corrected chi connectivity index (χ4v) is 1.72. The van der Waals surface area contributed by atoms with Gasteiger partial charge in [0.2, 0.25) is 0 Å². The molecule has 0 aliphatic rings. The molecule has 0 saturated heterocycles. The first-order valence-corrected chi connectivity index (χ1v) is 6.50. The largest absolute Gasteiger partial charge is 0.326 e. The van der Waals surface area contributed by atoms with E-state index in [0.717, 1.165) is 0 Å². The van der Waals surface area contributed by atoms with Crippen molar-refractivity contribution in [2.75, 3.05) is 11.5 Å². The molecule has 2 N–H and O–H groups in total. The van der Waals surface area contributed by atoms with Crippen molar-refractivity contribution in [2.45, 2.75) is 26.7 Å². The molecule has 70 valence electrons. The van der Waals surface area contributed by atoms with Crippen LogP contribution in [0.15, 0.2) is 0 Å². The van der Waals surface area contributed by atoms with E-state index in [1.54, 1.807) is 0 Å². The second-order valence-corrected chi connectivity index (χ2v) is 4.65. The summed E-state index contributed by atoms with van der Waals surface area (Å²) in [7, 11) is -3.71. The lowest BCUT2D eigenvalue weighted by Gasteiger charge is -1.95. The van der Waals surface area contributed by atoms with Gasteiger partial charge in [0.1, 0.15) is 0 Å². The Balaban J connectivity index is 0. The Bertz CT molecular complexity index is 110. The molecule has 11 heavy (non-hydrogen) atoms. The van der Waals surface area contributed by atoms with E-state index in [4.69, 9.17) is 9.79 Å². The van der Waals surface area contributed by atoms with Gasteiger partial charge in [0.05, 0.1) is 6.16 Å². The summed E-state index contributed by atoms with van der Waals surface area (Å²) in [6, 6.07) is 0. The van der Waals surface area contributed by atoms with Crippen LogP contribution in [0, 0.1) is 0 Å². The molecule has 0 fully saturated rings. The van der Waals surface area contributed by atoms with Crippen molar-refractivity contribution < 1.29 is 14.4 Å². The zero-order chi connectivity index (χ0) is 9.33. The fraction of sp³-hybridized carbons (Fsp3) is 1.00. The Labute approximate surface area is 76.5 Å². The van der Waals surface area contributed by atoms with E-state index in [0.29, 0.717) is 5.33 Å². The van der Waals surface area contributed by atoms with Gasteiger partial charge in [-0.05, 0) is 0 Å². The van der Waals surface area contributed by atoms with Crippen LogP contribution < -0.4 is 0 Å². The van der Waals surface area contributed by atoms with Crippen LogP contribution in [0.5, 0.6) is 0 Å². The van der Waals surface area contributed by atoms with Gasteiger partial charge in [0.25, 0.3) is 0 Å². The van der Waals surface area contributed by atoms with Crippen LogP contribution in [0.2, 0.25) is 0 Å². The summed E-state index contributed by atoms with van der Waals surface area (Å²) in [6.07, 6.45) is 2.56. The highest BCUT2D eigenvalue weighted by Crippen LogP contribution is 2.33. The van der Waals surface area contributed by atoms with Gasteiger partial charge in [0, 0.05) is 5.33 Å². The molecule has 0 unspecified atom stereocenters. The predicted octanol–water partition coefficient (Wildman–Crippen LogP) is 2.37. The van der Waals surface area contributed by atoms with E-state index >= 15 is 0 Å². The summed E-state index contributed by atoms with van der Waals surface area (Å²) in [5, 5.41) is 0.358. The molecule has 0 radical (unpaired) electrons. The van der Waals surface area contributed by atoms with E-state index in [1.165, 1.54) is 12.8 Å². The molecule has 0 aliphatic heterocycles. The summed E-state index contributed by atoms with van der Waals surface area (Å²) < 4.78 is 9.90. The summed E-state index contributed by atoms with van der Waals surface area (Å²) in [5.74, 6) is 0. The smallest absolute Gasteiger partial charge is 0.324 e. The Morgan fingerprint density at radius 2 is 1.64 bits per heavy atom. The number of hydrogen-bond acceptors (Lipinski definition) is 1. The Hall–Kier alpha value is 0.630. The first-order valence-electron chi connectivity index (χ1n) is 3.58. The minimum absolute atomic E-state index is 0.0764. The van der Waals surface area contributed by atoms with Crippen molar-refractivity contribution in [1.29, 1.82) is 0 Å². The predicted molar refractivity (Wildman–Crippen MR) is 51.3 cm³/mol. The molecule has 0 aliphatic carbocycles. The minimum atomic E-state index is -3.71. The second kappa shape index (κ2) is 8.72. The van der Waals surface area contributed by atoms with Crippen LogP contribution in [0.4, 0.5) is 0 Å². The van der Waals surface area contributed by atoms with Gasteiger partial charge in [-0.3, -0.25) is 4.57 Å². The van der Waals surface area contributed by atoms with Crippen LogP contribution in [-0.4, -0.2) is 21.3 Å². The maximum absolute atomic E-state index is 9.90. The van der Waals surface area contributed by atoms with Crippen LogP contribution >= 0.6 is 23.5 Å². The monoisotopic (exact) mass is 246 g/mol. The van der Waals surface area contributed by atoms with E-state index in [2.05, 4.69) is 29.8 Å². The lowest BCUT2D eigenvalue weighted by Crippen LogP contribution is -1.85. The van der Waals surface area contributed by atoms with E-state index in [-0.39, 0.29) is 6.16 Å².